The van der Waals surface area contributed by atoms with Crippen LogP contribution in [0.3, 0.4) is 0 Å². The minimum absolute atomic E-state index is 0.0125. The van der Waals surface area contributed by atoms with Crippen LogP contribution in [-0.4, -0.2) is 128 Å². The molecule has 32 nitrogen and oxygen atoms in total. The first-order valence-electron chi connectivity index (χ1n) is 35.6. The molecule has 2 aliphatic rings. The number of H-pyrrole nitrogens is 2. The number of aromatic carboxylic acids is 8. The molecule has 10 N–H and O–H groups in total. The Morgan fingerprint density at radius 2 is 0.350 bits per heavy atom. The van der Waals surface area contributed by atoms with Gasteiger partial charge in [0.05, 0.1) is 44.5 Å². The number of carboxylic acid groups (broad SMARTS) is 8. The zero-order chi connectivity index (χ0) is 83.3. The van der Waals surface area contributed by atoms with Crippen molar-refractivity contribution in [2.75, 3.05) is 0 Å². The Kier molecular flexibility index (Phi) is 19.1. The first-order chi connectivity index (χ1) is 57.9. The van der Waals surface area contributed by atoms with Crippen LogP contribution >= 0.6 is 0 Å². The standard InChI is InChI=1S/C88H50N8O24/c97-81(98)41-9-1-17-49(25-41)113-65-33-57-58(34-66(65)114-50-18-2-10-42(26-50)82(99)100)74-89-73(57)93-75-59-35-67(115-51-19-3-11-43(27-51)83(101)102)68(116-52-20-4-12-44(28-52)84(103)104)36-60(59)77(90-75)95-79-63-39-71(119-55-23-7-15-47(31-55)87(109)110)72(120-56-24-8-16-48(32-56)88(111)112)40-64(63)80(92-79)96-78-62-38-70(118-54-22-6-14-46(30-54)86(107)108)69(37-61(62)76(91-78)94-74)117-53-21-5-13-45(29-53)85(105)106/h1-40H,(H,97,98)(H,99,100)(H,101,102)(H,103,104)(H,105,106)(H,107,108)(H,109,110)(H,111,112)(H2,89,90,91,92,93,94,95,96). The van der Waals surface area contributed by atoms with Crippen molar-refractivity contribution < 1.29 is 117 Å². The first kappa shape index (κ1) is 74.9. The Morgan fingerprint density at radius 3 is 0.500 bits per heavy atom. The lowest BCUT2D eigenvalue weighted by Gasteiger charge is -2.15. The Morgan fingerprint density at radius 1 is 0.200 bits per heavy atom. The second-order valence-corrected chi connectivity index (χ2v) is 26.5. The molecule has 0 amide bonds. The second kappa shape index (κ2) is 30.6. The Hall–Kier alpha value is -17.8. The number of nitrogens with zero attached hydrogens (tertiary/aromatic N) is 6. The van der Waals surface area contributed by atoms with Gasteiger partial charge in [0.1, 0.15) is 68.6 Å². The maximum absolute atomic E-state index is 12.5. The van der Waals surface area contributed by atoms with Crippen LogP contribution in [0.2, 0.25) is 0 Å². The van der Waals surface area contributed by atoms with E-state index in [4.69, 9.17) is 67.8 Å². The monoisotopic (exact) mass is 1600 g/mol. The molecular formula is C88H50N8O24. The van der Waals surface area contributed by atoms with Gasteiger partial charge in [-0.25, -0.2) is 68.3 Å². The predicted molar refractivity (Wildman–Crippen MR) is 424 cm³/mol. The van der Waals surface area contributed by atoms with E-state index in [9.17, 15) is 79.2 Å². The molecule has 0 spiro atoms. The molecule has 586 valence electrons. The van der Waals surface area contributed by atoms with Crippen molar-refractivity contribution in [2.45, 2.75) is 0 Å². The third kappa shape index (κ3) is 15.2. The van der Waals surface area contributed by atoms with Gasteiger partial charge in [-0.2, -0.15) is 0 Å². The summed E-state index contributed by atoms with van der Waals surface area (Å²) < 4.78 is 52.5. The van der Waals surface area contributed by atoms with E-state index in [0.29, 0.717) is 0 Å². The number of fused-ring (bicyclic) bond motifs is 20. The second-order valence-electron chi connectivity index (χ2n) is 26.5. The van der Waals surface area contributed by atoms with Crippen LogP contribution in [-0.2, 0) is 0 Å². The van der Waals surface area contributed by atoms with Crippen LogP contribution in [0, 0.1) is 0 Å². The van der Waals surface area contributed by atoms with E-state index in [2.05, 4.69) is 9.97 Å². The number of carbonyl (C=O) groups is 8. The minimum Gasteiger partial charge on any atom is -0.478 e. The fourth-order valence-corrected chi connectivity index (χ4v) is 13.0. The van der Waals surface area contributed by atoms with Crippen molar-refractivity contribution in [3.63, 3.8) is 0 Å². The number of hydrogen-bond donors (Lipinski definition) is 10. The topological polar surface area (TPSA) is 481 Å². The molecule has 0 saturated carbocycles. The first-order valence-corrected chi connectivity index (χ1v) is 35.6. The number of benzene rings is 12. The summed E-state index contributed by atoms with van der Waals surface area (Å²) in [5.41, 5.74) is -1.14. The number of ether oxygens (including phenoxy) is 8. The fraction of sp³-hybridized carbons (Fsp3) is 0. The van der Waals surface area contributed by atoms with Crippen molar-refractivity contribution in [1.82, 2.24) is 39.9 Å². The Labute approximate surface area is 670 Å². The van der Waals surface area contributed by atoms with E-state index < -0.39 is 47.8 Å². The molecule has 0 fully saturated rings. The van der Waals surface area contributed by atoms with Gasteiger partial charge >= 0.3 is 47.8 Å². The maximum atomic E-state index is 12.5. The fourth-order valence-electron chi connectivity index (χ4n) is 13.0. The number of aromatic nitrogens is 8. The van der Waals surface area contributed by atoms with E-state index >= 15 is 0 Å². The molecule has 120 heavy (non-hydrogen) atoms. The molecule has 12 aromatic carbocycles. The van der Waals surface area contributed by atoms with Gasteiger partial charge in [0.25, 0.3) is 0 Å². The van der Waals surface area contributed by atoms with Gasteiger partial charge in [-0.1, -0.05) is 48.5 Å². The van der Waals surface area contributed by atoms with Crippen LogP contribution in [0.5, 0.6) is 92.0 Å². The highest BCUT2D eigenvalue weighted by molar-refractivity contribution is 6.09. The zero-order valence-electron chi connectivity index (χ0n) is 60.9. The van der Waals surface area contributed by atoms with Crippen LogP contribution in [0.4, 0.5) is 0 Å². The molecule has 2 aliphatic heterocycles. The Bertz CT molecular complexity index is 6310. The van der Waals surface area contributed by atoms with Crippen molar-refractivity contribution >= 4 is 91.9 Å². The molecule has 17 rings (SSSR count). The molecule has 0 atom stereocenters. The van der Waals surface area contributed by atoms with E-state index in [-0.39, 0.29) is 226 Å². The average molecular weight is 1600 g/mol. The molecule has 15 aromatic rings. The highest BCUT2D eigenvalue weighted by Gasteiger charge is 2.30. The highest BCUT2D eigenvalue weighted by atomic mass is 16.5. The van der Waals surface area contributed by atoms with Gasteiger partial charge in [-0.3, -0.25) is 0 Å². The lowest BCUT2D eigenvalue weighted by Crippen LogP contribution is -1.98. The third-order valence-electron chi connectivity index (χ3n) is 18.6. The van der Waals surface area contributed by atoms with E-state index in [0.717, 1.165) is 0 Å². The van der Waals surface area contributed by atoms with Gasteiger partial charge in [0.15, 0.2) is 69.3 Å². The third-order valence-corrected chi connectivity index (χ3v) is 18.6. The summed E-state index contributed by atoms with van der Waals surface area (Å²) in [5.74, 6) is -12.1. The summed E-state index contributed by atoms with van der Waals surface area (Å²) in [7, 11) is 0. The lowest BCUT2D eigenvalue weighted by atomic mass is 10.1. The number of rotatable bonds is 24. The van der Waals surface area contributed by atoms with Crippen LogP contribution in [0.15, 0.2) is 243 Å². The van der Waals surface area contributed by atoms with Crippen molar-refractivity contribution in [3.8, 4) is 138 Å². The quantitative estimate of drug-likeness (QED) is 0.0269. The van der Waals surface area contributed by atoms with Crippen molar-refractivity contribution in [2.24, 2.45) is 0 Å². The number of aromatic amines is 2. The van der Waals surface area contributed by atoms with E-state index in [1.54, 1.807) is 0 Å². The van der Waals surface area contributed by atoms with Crippen LogP contribution < -0.4 is 37.9 Å². The highest BCUT2D eigenvalue weighted by Crippen LogP contribution is 2.50. The summed E-state index contributed by atoms with van der Waals surface area (Å²) in [6, 6.07) is 55.8. The van der Waals surface area contributed by atoms with Gasteiger partial charge in [-0.15, -0.1) is 0 Å². The summed E-state index contributed by atoms with van der Waals surface area (Å²) in [6.07, 6.45) is 0. The lowest BCUT2D eigenvalue weighted by molar-refractivity contribution is 0.0685. The van der Waals surface area contributed by atoms with Gasteiger partial charge in [0, 0.05) is 43.8 Å². The van der Waals surface area contributed by atoms with Crippen LogP contribution in [0.25, 0.3) is 89.7 Å². The predicted octanol–water partition coefficient (Wildman–Crippen LogP) is 18.8. The van der Waals surface area contributed by atoms with E-state index in [1.165, 1.54) is 243 Å². The normalized spacial score (nSPS) is 11.2. The number of nitrogens with one attached hydrogen (secondary N) is 2. The molecule has 8 bridgehead atoms. The van der Waals surface area contributed by atoms with Crippen molar-refractivity contribution in [3.05, 3.63) is 287 Å². The Balaban J connectivity index is 1.01. The summed E-state index contributed by atoms with van der Waals surface area (Å²) in [4.78, 5) is 138. The molecule has 32 heteroatoms. The molecular weight excluding hydrogens is 1550 g/mol. The number of carboxylic acids is 8. The SMILES string of the molecule is O=C(O)c1cccc(Oc2cc3c(cc2Oc2cccc(C(=O)O)c2)-c2nc-3nc3[nH]c(nc4nc(nc5[nH]c(n2)c2cc(Oc6cccc(C(=O)O)c6)c(Oc6cccc(C(=O)O)c6)cc52)-c2cc(Oc5cccc(C(=O)O)c5)c(Oc5cccc(C(=O)O)c5)cc2-4)c2cc(Oc4cccc(C(=O)O)c4)c(Oc4cccc(C(=O)O)c4)cc32)c1. The molecule has 0 radical (unpaired) electrons. The zero-order valence-corrected chi connectivity index (χ0v) is 60.9. The van der Waals surface area contributed by atoms with Crippen LogP contribution in [0.1, 0.15) is 82.9 Å². The van der Waals surface area contributed by atoms with Gasteiger partial charge in [-0.05, 0) is 194 Å². The molecule has 5 heterocycles. The smallest absolute Gasteiger partial charge is 0.335 e. The number of hydrogen-bond acceptors (Lipinski definition) is 22. The molecule has 0 saturated heterocycles. The van der Waals surface area contributed by atoms with Crippen molar-refractivity contribution in [1.29, 1.82) is 0 Å². The van der Waals surface area contributed by atoms with E-state index in [1.807, 2.05) is 0 Å². The summed E-state index contributed by atoms with van der Waals surface area (Å²) >= 11 is 0. The summed E-state index contributed by atoms with van der Waals surface area (Å²) in [6.45, 7) is 0. The average Bonchev–Trinajstić information content (AvgIpc) is 1.59. The van der Waals surface area contributed by atoms with Gasteiger partial charge in [0.2, 0.25) is 0 Å². The molecule has 3 aromatic heterocycles. The largest absolute Gasteiger partial charge is 0.478 e. The molecule has 0 unspecified atom stereocenters. The van der Waals surface area contributed by atoms with Gasteiger partial charge < -0.3 is 88.7 Å². The minimum atomic E-state index is -1.30. The molecule has 0 aliphatic carbocycles. The summed E-state index contributed by atoms with van der Waals surface area (Å²) in [5, 5.41) is 82.0. The maximum Gasteiger partial charge on any atom is 0.335 e.